The molecule has 7 heteroatoms. The van der Waals surface area contributed by atoms with E-state index >= 15 is 0 Å². The number of Topliss-reactive ketones (excluding diaryl/α,β-unsaturated/α-hetero) is 1. The van der Waals surface area contributed by atoms with E-state index in [0.29, 0.717) is 28.8 Å². The van der Waals surface area contributed by atoms with Crippen LogP contribution < -0.4 is 4.72 Å². The minimum absolute atomic E-state index is 0.121. The van der Waals surface area contributed by atoms with E-state index in [4.69, 9.17) is 0 Å². The molecule has 4 rings (SSSR count). The van der Waals surface area contributed by atoms with Crippen LogP contribution in [-0.2, 0) is 16.4 Å². The molecule has 1 aromatic carbocycles. The molecular weight excluding hydrogens is 338 g/mol. The lowest BCUT2D eigenvalue weighted by Gasteiger charge is -2.11. The number of pyridine rings is 1. The molecule has 2 aromatic heterocycles. The maximum atomic E-state index is 12.8. The number of carbonyl (C=O) groups is 1. The highest BCUT2D eigenvalue weighted by atomic mass is 32.2. The van der Waals surface area contributed by atoms with Gasteiger partial charge in [-0.1, -0.05) is 0 Å². The Labute approximate surface area is 145 Å². The van der Waals surface area contributed by atoms with E-state index in [2.05, 4.69) is 14.7 Å². The molecule has 128 valence electrons. The Balaban J connectivity index is 1.83. The number of hydrogen-bond acceptors (Lipinski definition) is 4. The fraction of sp³-hybridized carbons (Fsp3) is 0.222. The number of rotatable bonds is 3. The van der Waals surface area contributed by atoms with Gasteiger partial charge in [0.15, 0.2) is 5.78 Å². The molecule has 0 bridgehead atoms. The zero-order chi connectivity index (χ0) is 17.6. The van der Waals surface area contributed by atoms with Crippen LogP contribution >= 0.6 is 0 Å². The third-order valence-corrected chi connectivity index (χ3v) is 6.01. The number of fused-ring (bicyclic) bond motifs is 3. The largest absolute Gasteiger partial charge is 0.358 e. The van der Waals surface area contributed by atoms with E-state index in [9.17, 15) is 13.2 Å². The highest BCUT2D eigenvalue weighted by molar-refractivity contribution is 7.92. The number of benzene rings is 1. The number of aryl methyl sites for hydroxylation is 2. The van der Waals surface area contributed by atoms with Crippen LogP contribution in [0.5, 0.6) is 0 Å². The number of H-pyrrole nitrogens is 1. The first kappa shape index (κ1) is 15.8. The molecule has 0 radical (unpaired) electrons. The molecule has 2 heterocycles. The highest BCUT2D eigenvalue weighted by Crippen LogP contribution is 2.32. The first-order valence-corrected chi connectivity index (χ1v) is 9.55. The van der Waals surface area contributed by atoms with E-state index in [1.54, 1.807) is 37.4 Å². The molecule has 0 fully saturated rings. The molecular formula is C18H17N3O3S. The third-order valence-electron chi connectivity index (χ3n) is 4.48. The average molecular weight is 355 g/mol. The number of nitrogens with one attached hydrogen (secondary N) is 2. The van der Waals surface area contributed by atoms with Gasteiger partial charge in [0, 0.05) is 34.8 Å². The molecule has 0 saturated heterocycles. The summed E-state index contributed by atoms with van der Waals surface area (Å²) in [5, 5.41) is 0.803. The molecule has 2 N–H and O–H groups in total. The van der Waals surface area contributed by atoms with Gasteiger partial charge in [0.2, 0.25) is 0 Å². The lowest BCUT2D eigenvalue weighted by molar-refractivity contribution is 0.0974. The summed E-state index contributed by atoms with van der Waals surface area (Å²) in [7, 11) is -3.75. The normalized spacial score (nSPS) is 14.5. The molecule has 0 amide bonds. The first-order valence-electron chi connectivity index (χ1n) is 8.07. The zero-order valence-electron chi connectivity index (χ0n) is 13.7. The molecule has 0 unspecified atom stereocenters. The molecule has 1 aliphatic rings. The summed E-state index contributed by atoms with van der Waals surface area (Å²) in [6.07, 6.45) is 5.21. The van der Waals surface area contributed by atoms with Gasteiger partial charge in [-0.2, -0.15) is 0 Å². The van der Waals surface area contributed by atoms with Crippen LogP contribution in [0.25, 0.3) is 10.9 Å². The summed E-state index contributed by atoms with van der Waals surface area (Å²) >= 11 is 0. The monoisotopic (exact) mass is 355 g/mol. The lowest BCUT2D eigenvalue weighted by Crippen LogP contribution is -2.14. The molecule has 3 aromatic rings. The SMILES string of the molecule is Cc1cc2c3c([nH]c2cc1S(=O)(=O)Nc1cccnc1)CCCC3=O. The van der Waals surface area contributed by atoms with E-state index < -0.39 is 10.0 Å². The van der Waals surface area contributed by atoms with Crippen molar-refractivity contribution in [3.8, 4) is 0 Å². The van der Waals surface area contributed by atoms with Crippen LogP contribution in [0.4, 0.5) is 5.69 Å². The second-order valence-electron chi connectivity index (χ2n) is 6.27. The number of nitrogens with zero attached hydrogens (tertiary/aromatic N) is 1. The number of aromatic amines is 1. The van der Waals surface area contributed by atoms with Gasteiger partial charge >= 0.3 is 0 Å². The Bertz CT molecular complexity index is 1090. The Morgan fingerprint density at radius 1 is 1.24 bits per heavy atom. The molecule has 0 saturated carbocycles. The summed E-state index contributed by atoms with van der Waals surface area (Å²) in [4.78, 5) is 19.6. The Morgan fingerprint density at radius 2 is 2.08 bits per heavy atom. The molecule has 0 atom stereocenters. The van der Waals surface area contributed by atoms with Gasteiger partial charge in [-0.05, 0) is 49.6 Å². The number of hydrogen-bond donors (Lipinski definition) is 2. The van der Waals surface area contributed by atoms with Crippen LogP contribution in [0.1, 0.15) is 34.5 Å². The van der Waals surface area contributed by atoms with Crippen molar-refractivity contribution in [3.05, 3.63) is 53.5 Å². The standard InChI is InChI=1S/C18H17N3O3S/c1-11-8-13-15(20-14-5-2-6-16(22)18(13)14)9-17(11)25(23,24)21-12-4-3-7-19-10-12/h3-4,7-10,20-21H,2,5-6H2,1H3. The van der Waals surface area contributed by atoms with Crippen molar-refractivity contribution in [3.63, 3.8) is 0 Å². The third kappa shape index (κ3) is 2.70. The Kier molecular flexibility index (Phi) is 3.61. The van der Waals surface area contributed by atoms with E-state index in [-0.39, 0.29) is 10.7 Å². The first-order chi connectivity index (χ1) is 12.0. The number of carbonyl (C=O) groups excluding carboxylic acids is 1. The summed E-state index contributed by atoms with van der Waals surface area (Å²) in [5.74, 6) is 0.121. The summed E-state index contributed by atoms with van der Waals surface area (Å²) in [5.41, 5.74) is 3.30. The number of ketones is 1. The molecule has 6 nitrogen and oxygen atoms in total. The Morgan fingerprint density at radius 3 is 2.84 bits per heavy atom. The van der Waals surface area contributed by atoms with Crippen LogP contribution in [-0.4, -0.2) is 24.2 Å². The molecule has 25 heavy (non-hydrogen) atoms. The summed E-state index contributed by atoms with van der Waals surface area (Å²) in [6.45, 7) is 1.74. The predicted molar refractivity (Wildman–Crippen MR) is 95.3 cm³/mol. The van der Waals surface area contributed by atoms with Crippen molar-refractivity contribution in [2.45, 2.75) is 31.1 Å². The fourth-order valence-electron chi connectivity index (χ4n) is 3.37. The van der Waals surface area contributed by atoms with Crippen molar-refractivity contribution in [1.82, 2.24) is 9.97 Å². The van der Waals surface area contributed by atoms with Gasteiger partial charge in [0.05, 0.1) is 16.8 Å². The molecule has 0 spiro atoms. The lowest BCUT2D eigenvalue weighted by atomic mass is 9.94. The smallest absolute Gasteiger partial charge is 0.262 e. The van der Waals surface area contributed by atoms with Crippen LogP contribution in [0.15, 0.2) is 41.6 Å². The molecule has 1 aliphatic carbocycles. The molecule has 0 aliphatic heterocycles. The number of anilines is 1. The summed E-state index contributed by atoms with van der Waals surface area (Å²) < 4.78 is 28.0. The second-order valence-corrected chi connectivity index (χ2v) is 7.92. The highest BCUT2D eigenvalue weighted by Gasteiger charge is 2.25. The van der Waals surface area contributed by atoms with E-state index in [0.717, 1.165) is 23.9 Å². The van der Waals surface area contributed by atoms with Crippen molar-refractivity contribution in [2.24, 2.45) is 0 Å². The van der Waals surface area contributed by atoms with Gasteiger partial charge in [-0.15, -0.1) is 0 Å². The second kappa shape index (κ2) is 5.70. The van der Waals surface area contributed by atoms with Crippen molar-refractivity contribution < 1.29 is 13.2 Å². The topological polar surface area (TPSA) is 91.9 Å². The number of aromatic nitrogens is 2. The fourth-order valence-corrected chi connectivity index (χ4v) is 4.66. The van der Waals surface area contributed by atoms with Gasteiger partial charge in [-0.3, -0.25) is 14.5 Å². The minimum atomic E-state index is -3.75. The van der Waals surface area contributed by atoms with E-state index in [1.165, 1.54) is 6.20 Å². The average Bonchev–Trinajstić information content (AvgIpc) is 2.93. The van der Waals surface area contributed by atoms with Gasteiger partial charge in [0.25, 0.3) is 10.0 Å². The summed E-state index contributed by atoms with van der Waals surface area (Å²) in [6, 6.07) is 6.70. The minimum Gasteiger partial charge on any atom is -0.358 e. The van der Waals surface area contributed by atoms with E-state index in [1.807, 2.05) is 0 Å². The van der Waals surface area contributed by atoms with Crippen molar-refractivity contribution in [1.29, 1.82) is 0 Å². The predicted octanol–water partition coefficient (Wildman–Crippen LogP) is 3.19. The maximum absolute atomic E-state index is 12.8. The van der Waals surface area contributed by atoms with Crippen LogP contribution in [0.3, 0.4) is 0 Å². The van der Waals surface area contributed by atoms with Gasteiger partial charge < -0.3 is 4.98 Å². The van der Waals surface area contributed by atoms with Gasteiger partial charge in [-0.25, -0.2) is 8.42 Å². The van der Waals surface area contributed by atoms with Crippen molar-refractivity contribution in [2.75, 3.05) is 4.72 Å². The van der Waals surface area contributed by atoms with Crippen LogP contribution in [0, 0.1) is 6.92 Å². The Hall–Kier alpha value is -2.67. The van der Waals surface area contributed by atoms with Crippen molar-refractivity contribution >= 4 is 32.4 Å². The maximum Gasteiger partial charge on any atom is 0.262 e. The quantitative estimate of drug-likeness (QED) is 0.755. The van der Waals surface area contributed by atoms with Gasteiger partial charge in [0.1, 0.15) is 0 Å². The van der Waals surface area contributed by atoms with Crippen LogP contribution in [0.2, 0.25) is 0 Å². The number of sulfonamides is 1. The zero-order valence-corrected chi connectivity index (χ0v) is 14.5.